The van der Waals surface area contributed by atoms with Crippen LogP contribution in [-0.4, -0.2) is 45.7 Å². The first kappa shape index (κ1) is 22.5. The summed E-state index contributed by atoms with van der Waals surface area (Å²) in [7, 11) is 0. The summed E-state index contributed by atoms with van der Waals surface area (Å²) in [5.41, 5.74) is 2.07. The zero-order chi connectivity index (χ0) is 22.7. The molecule has 2 aromatic rings. The number of aromatic nitrogens is 1. The Morgan fingerprint density at radius 3 is 2.52 bits per heavy atom. The summed E-state index contributed by atoms with van der Waals surface area (Å²) in [6.07, 6.45) is -0.591. The molecule has 164 valence electrons. The average Bonchev–Trinajstić information content (AvgIpc) is 3.33. The minimum atomic E-state index is -0.770. The van der Waals surface area contributed by atoms with Crippen molar-refractivity contribution in [3.8, 4) is 6.07 Å². The van der Waals surface area contributed by atoms with Gasteiger partial charge in [-0.2, -0.15) is 5.26 Å². The maximum atomic E-state index is 13.4. The molecule has 0 bridgehead atoms. The highest BCUT2D eigenvalue weighted by atomic mass is 16.5. The molecule has 4 atom stereocenters. The van der Waals surface area contributed by atoms with Gasteiger partial charge in [0.1, 0.15) is 17.7 Å². The molecule has 4 unspecified atom stereocenters. The van der Waals surface area contributed by atoms with E-state index in [2.05, 4.69) is 16.5 Å². The van der Waals surface area contributed by atoms with E-state index in [1.54, 1.807) is 37.3 Å². The summed E-state index contributed by atoms with van der Waals surface area (Å²) in [6.45, 7) is 7.54. The number of aliphatic hydroxyl groups excluding tert-OH is 1. The Morgan fingerprint density at radius 1 is 1.29 bits per heavy atom. The normalized spacial score (nSPS) is 20.4. The van der Waals surface area contributed by atoms with Gasteiger partial charge >= 0.3 is 0 Å². The lowest BCUT2D eigenvalue weighted by Crippen LogP contribution is -2.48. The van der Waals surface area contributed by atoms with Crippen molar-refractivity contribution in [1.82, 2.24) is 15.4 Å². The van der Waals surface area contributed by atoms with Gasteiger partial charge in [-0.1, -0.05) is 31.1 Å². The first-order chi connectivity index (χ1) is 14.7. The fourth-order valence-electron chi connectivity index (χ4n) is 3.99. The molecule has 1 saturated heterocycles. The van der Waals surface area contributed by atoms with Crippen LogP contribution in [0.3, 0.4) is 0 Å². The van der Waals surface area contributed by atoms with Crippen molar-refractivity contribution in [3.63, 3.8) is 0 Å². The number of hydrogen-bond acceptors (Lipinski definition) is 6. The van der Waals surface area contributed by atoms with Crippen LogP contribution in [0.4, 0.5) is 0 Å². The van der Waals surface area contributed by atoms with Crippen LogP contribution in [0, 0.1) is 24.2 Å². The number of amides is 2. The average molecular weight is 425 g/mol. The third-order valence-electron chi connectivity index (χ3n) is 5.65. The van der Waals surface area contributed by atoms with Crippen molar-refractivity contribution in [1.29, 1.82) is 5.26 Å². The number of β-amino-alcohol motifs (C(OH)–C–C–N with tert-alkyl or cyclic N) is 1. The number of aliphatic hydroxyl groups is 1. The third kappa shape index (κ3) is 4.94. The van der Waals surface area contributed by atoms with Gasteiger partial charge in [-0.05, 0) is 37.5 Å². The van der Waals surface area contributed by atoms with Crippen LogP contribution < -0.4 is 5.32 Å². The first-order valence-corrected chi connectivity index (χ1v) is 10.4. The second kappa shape index (κ2) is 9.31. The van der Waals surface area contributed by atoms with Crippen molar-refractivity contribution < 1.29 is 19.2 Å². The molecule has 8 nitrogen and oxygen atoms in total. The molecule has 1 aliphatic heterocycles. The standard InChI is InChI=1S/C23H28N4O4/c1-13(2)21(20-9-14(3)26-31-20)23(30)27-12-18(28)10-19(27)22(29)25-15(4)17-7-5-16(11-24)6-8-17/h5-9,13,15,18-19,21,28H,10,12H2,1-4H3,(H,25,29). The fourth-order valence-corrected chi connectivity index (χ4v) is 3.99. The molecule has 0 spiro atoms. The monoisotopic (exact) mass is 424 g/mol. The van der Waals surface area contributed by atoms with E-state index < -0.39 is 18.1 Å². The van der Waals surface area contributed by atoms with Crippen LogP contribution in [0.2, 0.25) is 0 Å². The Labute approximate surface area is 181 Å². The van der Waals surface area contributed by atoms with Crippen LogP contribution >= 0.6 is 0 Å². The van der Waals surface area contributed by atoms with Gasteiger partial charge < -0.3 is 19.8 Å². The zero-order valence-corrected chi connectivity index (χ0v) is 18.2. The maximum absolute atomic E-state index is 13.4. The van der Waals surface area contributed by atoms with E-state index in [0.717, 1.165) is 5.56 Å². The van der Waals surface area contributed by atoms with E-state index >= 15 is 0 Å². The Hall–Kier alpha value is -3.18. The topological polar surface area (TPSA) is 119 Å². The quantitative estimate of drug-likeness (QED) is 0.735. The lowest BCUT2D eigenvalue weighted by Gasteiger charge is -2.29. The van der Waals surface area contributed by atoms with Gasteiger partial charge in [0.25, 0.3) is 0 Å². The predicted octanol–water partition coefficient (Wildman–Crippen LogP) is 2.43. The molecule has 2 amide bonds. The number of likely N-dealkylation sites (tertiary alicyclic amines) is 1. The molecule has 0 saturated carbocycles. The molecule has 2 N–H and O–H groups in total. The lowest BCUT2D eigenvalue weighted by molar-refractivity contribution is -0.141. The number of rotatable bonds is 6. The van der Waals surface area contributed by atoms with Crippen LogP contribution in [0.1, 0.15) is 61.7 Å². The molecule has 0 radical (unpaired) electrons. The third-order valence-corrected chi connectivity index (χ3v) is 5.65. The lowest BCUT2D eigenvalue weighted by atomic mass is 9.91. The highest BCUT2D eigenvalue weighted by molar-refractivity contribution is 5.91. The SMILES string of the molecule is Cc1cc(C(C(=O)N2CC(O)CC2C(=O)NC(C)c2ccc(C#N)cc2)C(C)C)on1. The number of benzene rings is 1. The Morgan fingerprint density at radius 2 is 1.97 bits per heavy atom. The van der Waals surface area contributed by atoms with E-state index in [-0.39, 0.29) is 36.7 Å². The summed E-state index contributed by atoms with van der Waals surface area (Å²) < 4.78 is 5.35. The van der Waals surface area contributed by atoms with Crippen molar-refractivity contribution in [2.45, 2.75) is 58.2 Å². The summed E-state index contributed by atoms with van der Waals surface area (Å²) in [4.78, 5) is 27.9. The summed E-state index contributed by atoms with van der Waals surface area (Å²) in [5.74, 6) is -0.771. The number of nitrogens with one attached hydrogen (secondary N) is 1. The number of hydrogen-bond donors (Lipinski definition) is 2. The summed E-state index contributed by atoms with van der Waals surface area (Å²) in [6, 6.07) is 9.68. The fraction of sp³-hybridized carbons (Fsp3) is 0.478. The van der Waals surface area contributed by atoms with Gasteiger partial charge in [0.15, 0.2) is 0 Å². The second-order valence-electron chi connectivity index (χ2n) is 8.45. The molecule has 1 fully saturated rings. The molecule has 1 aliphatic rings. The molecule has 1 aromatic heterocycles. The van der Waals surface area contributed by atoms with Crippen molar-refractivity contribution >= 4 is 11.8 Å². The number of carbonyl (C=O) groups excluding carboxylic acids is 2. The van der Waals surface area contributed by atoms with Gasteiger partial charge in [-0.3, -0.25) is 9.59 Å². The molecule has 3 rings (SSSR count). The number of nitrogens with zero attached hydrogens (tertiary/aromatic N) is 3. The molecule has 1 aromatic carbocycles. The number of nitriles is 1. The minimum Gasteiger partial charge on any atom is -0.391 e. The molecule has 0 aliphatic carbocycles. The molecule has 8 heteroatoms. The van der Waals surface area contributed by atoms with Crippen LogP contribution in [-0.2, 0) is 9.59 Å². The van der Waals surface area contributed by atoms with E-state index in [4.69, 9.17) is 9.78 Å². The number of carbonyl (C=O) groups is 2. The molecular weight excluding hydrogens is 396 g/mol. The smallest absolute Gasteiger partial charge is 0.243 e. The van der Waals surface area contributed by atoms with Gasteiger partial charge in [-0.15, -0.1) is 0 Å². The van der Waals surface area contributed by atoms with Crippen molar-refractivity contribution in [3.05, 3.63) is 52.9 Å². The molecule has 31 heavy (non-hydrogen) atoms. The van der Waals surface area contributed by atoms with Crippen LogP contribution in [0.5, 0.6) is 0 Å². The van der Waals surface area contributed by atoms with Crippen molar-refractivity contribution in [2.75, 3.05) is 6.54 Å². The maximum Gasteiger partial charge on any atom is 0.243 e. The van der Waals surface area contributed by atoms with Crippen LogP contribution in [0.15, 0.2) is 34.9 Å². The van der Waals surface area contributed by atoms with Gasteiger partial charge in [0.05, 0.1) is 29.5 Å². The minimum absolute atomic E-state index is 0.0705. The predicted molar refractivity (Wildman–Crippen MR) is 113 cm³/mol. The highest BCUT2D eigenvalue weighted by Gasteiger charge is 2.43. The van der Waals surface area contributed by atoms with E-state index in [9.17, 15) is 14.7 Å². The Balaban J connectivity index is 1.76. The van der Waals surface area contributed by atoms with Crippen molar-refractivity contribution in [2.24, 2.45) is 5.92 Å². The first-order valence-electron chi connectivity index (χ1n) is 10.4. The Bertz CT molecular complexity index is 976. The van der Waals surface area contributed by atoms with Gasteiger partial charge in [0, 0.05) is 19.0 Å². The summed E-state index contributed by atoms with van der Waals surface area (Å²) in [5, 5.41) is 26.0. The number of aryl methyl sites for hydroxylation is 1. The highest BCUT2D eigenvalue weighted by Crippen LogP contribution is 2.31. The van der Waals surface area contributed by atoms with E-state index in [0.29, 0.717) is 17.0 Å². The van der Waals surface area contributed by atoms with Gasteiger partial charge in [0.2, 0.25) is 11.8 Å². The molecular formula is C23H28N4O4. The van der Waals surface area contributed by atoms with Gasteiger partial charge in [-0.25, -0.2) is 0 Å². The van der Waals surface area contributed by atoms with E-state index in [1.807, 2.05) is 20.8 Å². The largest absolute Gasteiger partial charge is 0.391 e. The zero-order valence-electron chi connectivity index (χ0n) is 18.2. The second-order valence-corrected chi connectivity index (χ2v) is 8.45. The summed E-state index contributed by atoms with van der Waals surface area (Å²) >= 11 is 0. The molecule has 2 heterocycles. The van der Waals surface area contributed by atoms with E-state index in [1.165, 1.54) is 4.90 Å². The van der Waals surface area contributed by atoms with Crippen LogP contribution in [0.25, 0.3) is 0 Å². The Kier molecular flexibility index (Phi) is 6.76.